The van der Waals surface area contributed by atoms with Gasteiger partial charge in [0.1, 0.15) is 0 Å². The van der Waals surface area contributed by atoms with Gasteiger partial charge in [0.25, 0.3) is 5.91 Å². The Hall–Kier alpha value is -1.56. The van der Waals surface area contributed by atoms with Crippen molar-refractivity contribution < 1.29 is 14.1 Å². The maximum Gasteiger partial charge on any atom is 0.311 e. The van der Waals surface area contributed by atoms with Gasteiger partial charge in [0.05, 0.1) is 13.2 Å². The Morgan fingerprint density at radius 2 is 2.28 bits per heavy atom. The molecule has 6 heteroatoms. The van der Waals surface area contributed by atoms with Crippen molar-refractivity contribution in [1.29, 1.82) is 0 Å². The molecule has 0 saturated heterocycles. The van der Waals surface area contributed by atoms with Gasteiger partial charge in [0.15, 0.2) is 5.69 Å². The van der Waals surface area contributed by atoms with Crippen molar-refractivity contribution in [2.75, 3.05) is 27.2 Å². The summed E-state index contributed by atoms with van der Waals surface area (Å²) in [6.07, 6.45) is 0. The van der Waals surface area contributed by atoms with Crippen LogP contribution in [0.25, 0.3) is 0 Å². The second kappa shape index (κ2) is 5.86. The molecule has 1 N–H and O–H groups in total. The molecule has 18 heavy (non-hydrogen) atoms. The summed E-state index contributed by atoms with van der Waals surface area (Å²) in [6.45, 7) is 7.67. The van der Waals surface area contributed by atoms with Crippen LogP contribution in [0.2, 0.25) is 0 Å². The van der Waals surface area contributed by atoms with Gasteiger partial charge in [-0.1, -0.05) is 12.1 Å². The number of aromatic nitrogens is 1. The normalized spacial score (nSPS) is 11.7. The van der Waals surface area contributed by atoms with Crippen molar-refractivity contribution in [3.8, 4) is 5.95 Å². The van der Waals surface area contributed by atoms with Gasteiger partial charge in [-0.3, -0.25) is 9.69 Å². The molecule has 1 amide bonds. The van der Waals surface area contributed by atoms with E-state index in [1.165, 1.54) is 13.2 Å². The van der Waals surface area contributed by atoms with Crippen LogP contribution in [0.4, 0.5) is 0 Å². The van der Waals surface area contributed by atoms with E-state index >= 15 is 0 Å². The third-order valence-corrected chi connectivity index (χ3v) is 3.11. The molecule has 0 unspecified atom stereocenters. The van der Waals surface area contributed by atoms with Crippen molar-refractivity contribution in [2.45, 2.75) is 26.3 Å². The Kier molecular flexibility index (Phi) is 4.72. The van der Waals surface area contributed by atoms with E-state index in [0.717, 1.165) is 6.54 Å². The number of methoxy groups -OCH3 is 1. The third kappa shape index (κ3) is 3.46. The van der Waals surface area contributed by atoms with Crippen molar-refractivity contribution in [2.24, 2.45) is 0 Å². The zero-order chi connectivity index (χ0) is 13.8. The van der Waals surface area contributed by atoms with Crippen LogP contribution in [-0.4, -0.2) is 48.7 Å². The number of ether oxygens (including phenoxy) is 1. The van der Waals surface area contributed by atoms with Crippen molar-refractivity contribution in [1.82, 2.24) is 15.4 Å². The van der Waals surface area contributed by atoms with Crippen LogP contribution in [0.15, 0.2) is 10.6 Å². The van der Waals surface area contributed by atoms with Crippen LogP contribution in [0.5, 0.6) is 5.95 Å². The lowest BCUT2D eigenvalue weighted by Crippen LogP contribution is -2.49. The number of rotatable bonds is 6. The second-order valence-corrected chi connectivity index (χ2v) is 4.74. The summed E-state index contributed by atoms with van der Waals surface area (Å²) in [7, 11) is 3.48. The molecule has 0 aromatic carbocycles. The summed E-state index contributed by atoms with van der Waals surface area (Å²) in [5.74, 6) is -0.0373. The zero-order valence-corrected chi connectivity index (χ0v) is 11.6. The Bertz CT molecular complexity index is 401. The third-order valence-electron chi connectivity index (χ3n) is 3.11. The van der Waals surface area contributed by atoms with Crippen molar-refractivity contribution in [3.63, 3.8) is 0 Å². The molecule has 1 heterocycles. The number of amides is 1. The molecule has 1 aromatic rings. The highest BCUT2D eigenvalue weighted by Crippen LogP contribution is 2.13. The second-order valence-electron chi connectivity index (χ2n) is 4.74. The molecule has 1 aromatic heterocycles. The molecule has 0 radical (unpaired) electrons. The smallest absolute Gasteiger partial charge is 0.311 e. The molecule has 0 aliphatic carbocycles. The standard InChI is InChI=1S/C12H21N3O3/c1-6-15(4)12(2,3)8-13-11(16)9-7-10(17-5)18-14-9/h7H,6,8H2,1-5H3,(H,13,16). The van der Waals surface area contributed by atoms with Crippen LogP contribution in [0.3, 0.4) is 0 Å². The molecular weight excluding hydrogens is 234 g/mol. The van der Waals surface area contributed by atoms with Gasteiger partial charge >= 0.3 is 5.95 Å². The lowest BCUT2D eigenvalue weighted by atomic mass is 10.0. The summed E-state index contributed by atoms with van der Waals surface area (Å²) in [5.41, 5.74) is 0.111. The van der Waals surface area contributed by atoms with Gasteiger partial charge in [-0.2, -0.15) is 0 Å². The molecule has 0 spiro atoms. The minimum absolute atomic E-state index is 0.113. The Morgan fingerprint density at radius 3 is 2.78 bits per heavy atom. The monoisotopic (exact) mass is 255 g/mol. The van der Waals surface area contributed by atoms with Gasteiger partial charge in [-0.15, -0.1) is 0 Å². The number of carbonyl (C=O) groups excluding carboxylic acids is 1. The molecule has 0 fully saturated rings. The number of likely N-dealkylation sites (N-methyl/N-ethyl adjacent to an activating group) is 1. The van der Waals surface area contributed by atoms with E-state index in [-0.39, 0.29) is 23.1 Å². The number of nitrogens with one attached hydrogen (secondary N) is 1. The highest BCUT2D eigenvalue weighted by atomic mass is 16.6. The summed E-state index contributed by atoms with van der Waals surface area (Å²) in [5, 5.41) is 6.46. The molecule has 6 nitrogen and oxygen atoms in total. The molecule has 1 rings (SSSR count). The molecule has 0 bridgehead atoms. The van der Waals surface area contributed by atoms with Crippen LogP contribution in [0.1, 0.15) is 31.3 Å². The van der Waals surface area contributed by atoms with E-state index in [9.17, 15) is 4.79 Å². The first-order chi connectivity index (χ1) is 8.40. The number of carbonyl (C=O) groups is 1. The van der Waals surface area contributed by atoms with E-state index in [1.807, 2.05) is 7.05 Å². The molecular formula is C12H21N3O3. The summed E-state index contributed by atoms with van der Waals surface area (Å²) >= 11 is 0. The van der Waals surface area contributed by atoms with Crippen molar-refractivity contribution in [3.05, 3.63) is 11.8 Å². The maximum atomic E-state index is 11.8. The minimum atomic E-state index is -0.264. The SMILES string of the molecule is CCN(C)C(C)(C)CNC(=O)c1cc(OC)on1. The molecule has 102 valence electrons. The number of hydrogen-bond donors (Lipinski definition) is 1. The van der Waals surface area contributed by atoms with Crippen LogP contribution in [0, 0.1) is 0 Å². The van der Waals surface area contributed by atoms with E-state index in [1.54, 1.807) is 0 Å². The number of hydrogen-bond acceptors (Lipinski definition) is 5. The highest BCUT2D eigenvalue weighted by molar-refractivity contribution is 5.92. The number of nitrogens with zero attached hydrogens (tertiary/aromatic N) is 2. The molecule has 0 atom stereocenters. The fourth-order valence-corrected chi connectivity index (χ4v) is 1.41. The van der Waals surface area contributed by atoms with E-state index < -0.39 is 0 Å². The predicted molar refractivity (Wildman–Crippen MR) is 67.8 cm³/mol. The molecule has 0 aliphatic rings. The summed E-state index contributed by atoms with van der Waals surface area (Å²) < 4.78 is 9.62. The maximum absolute atomic E-state index is 11.8. The van der Waals surface area contributed by atoms with Gasteiger partial charge in [0.2, 0.25) is 0 Å². The van der Waals surface area contributed by atoms with Crippen LogP contribution < -0.4 is 10.1 Å². The topological polar surface area (TPSA) is 67.6 Å². The Labute approximate surface area is 107 Å². The average Bonchev–Trinajstić information content (AvgIpc) is 2.83. The van der Waals surface area contributed by atoms with Crippen molar-refractivity contribution >= 4 is 5.91 Å². The lowest BCUT2D eigenvalue weighted by Gasteiger charge is -2.34. The average molecular weight is 255 g/mol. The summed E-state index contributed by atoms with van der Waals surface area (Å²) in [4.78, 5) is 14.0. The summed E-state index contributed by atoms with van der Waals surface area (Å²) in [6, 6.07) is 1.46. The van der Waals surface area contributed by atoms with Gasteiger partial charge < -0.3 is 14.6 Å². The zero-order valence-electron chi connectivity index (χ0n) is 11.6. The quantitative estimate of drug-likeness (QED) is 0.825. The highest BCUT2D eigenvalue weighted by Gasteiger charge is 2.24. The fraction of sp³-hybridized carbons (Fsp3) is 0.667. The minimum Gasteiger partial charge on any atom is -0.467 e. The predicted octanol–water partition coefficient (Wildman–Crippen LogP) is 1.14. The Morgan fingerprint density at radius 1 is 1.61 bits per heavy atom. The molecule has 0 saturated carbocycles. The van der Waals surface area contributed by atoms with Gasteiger partial charge in [0, 0.05) is 12.1 Å². The largest absolute Gasteiger partial charge is 0.467 e. The van der Waals surface area contributed by atoms with Crippen LogP contribution in [-0.2, 0) is 0 Å². The first kappa shape index (κ1) is 14.5. The first-order valence-electron chi connectivity index (χ1n) is 5.91. The van der Waals surface area contributed by atoms with Crippen LogP contribution >= 0.6 is 0 Å². The lowest BCUT2D eigenvalue weighted by molar-refractivity contribution is 0.0899. The van der Waals surface area contributed by atoms with E-state index in [4.69, 9.17) is 9.26 Å². The first-order valence-corrected chi connectivity index (χ1v) is 5.91. The van der Waals surface area contributed by atoms with Gasteiger partial charge in [-0.05, 0) is 27.4 Å². The fourth-order valence-electron chi connectivity index (χ4n) is 1.41. The Balaban J connectivity index is 2.55. The molecule has 0 aliphatic heterocycles. The van der Waals surface area contributed by atoms with E-state index in [0.29, 0.717) is 6.54 Å². The van der Waals surface area contributed by atoms with Gasteiger partial charge in [-0.25, -0.2) is 0 Å². The van der Waals surface area contributed by atoms with E-state index in [2.05, 4.69) is 36.1 Å².